The van der Waals surface area contributed by atoms with Crippen LogP contribution in [0.3, 0.4) is 0 Å². The lowest BCUT2D eigenvalue weighted by Gasteiger charge is -2.28. The lowest BCUT2D eigenvalue weighted by molar-refractivity contribution is 0.573. The van der Waals surface area contributed by atoms with Crippen molar-refractivity contribution in [3.8, 4) is 0 Å². The molecule has 0 unspecified atom stereocenters. The minimum atomic E-state index is 0.515. The molecule has 4 nitrogen and oxygen atoms in total. The Kier molecular flexibility index (Phi) is 2.55. The van der Waals surface area contributed by atoms with E-state index in [1.54, 1.807) is 0 Å². The Bertz CT molecular complexity index is 532. The largest absolute Gasteiger partial charge is 0.382 e. The Balaban J connectivity index is 2.12. The van der Waals surface area contributed by atoms with E-state index < -0.39 is 0 Å². The van der Waals surface area contributed by atoms with Gasteiger partial charge < -0.3 is 10.6 Å². The molecule has 0 spiro atoms. The number of anilines is 2. The van der Waals surface area contributed by atoms with Gasteiger partial charge in [-0.2, -0.15) is 0 Å². The quantitative estimate of drug-likeness (QED) is 0.813. The molecule has 2 aromatic rings. The number of rotatable bonds is 1. The molecule has 1 aromatic heterocycles. The lowest BCUT2D eigenvalue weighted by Crippen LogP contribution is -2.30. The number of hydrogen-bond donors (Lipinski definition) is 1. The lowest BCUT2D eigenvalue weighted by atomic mass is 10.1. The molecule has 1 aliphatic heterocycles. The van der Waals surface area contributed by atoms with Gasteiger partial charge in [0.2, 0.25) is 0 Å². The number of nitrogens with zero attached hydrogens (tertiary/aromatic N) is 3. The highest BCUT2D eigenvalue weighted by Crippen LogP contribution is 2.28. The van der Waals surface area contributed by atoms with E-state index in [1.807, 2.05) is 18.2 Å². The maximum Gasteiger partial charge on any atom is 0.159 e. The minimum absolute atomic E-state index is 0.515. The predicted molar refractivity (Wildman–Crippen MR) is 70.0 cm³/mol. The highest BCUT2D eigenvalue weighted by Gasteiger charge is 2.16. The predicted octanol–water partition coefficient (Wildman–Crippen LogP) is 2.20. The van der Waals surface area contributed by atoms with Gasteiger partial charge in [-0.15, -0.1) is 10.2 Å². The van der Waals surface area contributed by atoms with Crippen LogP contribution in [0.2, 0.25) is 0 Å². The first-order valence-electron chi connectivity index (χ1n) is 6.12. The minimum Gasteiger partial charge on any atom is -0.382 e. The van der Waals surface area contributed by atoms with Gasteiger partial charge in [0.1, 0.15) is 0 Å². The van der Waals surface area contributed by atoms with Crippen molar-refractivity contribution in [2.45, 2.75) is 19.3 Å². The Morgan fingerprint density at radius 1 is 0.941 bits per heavy atom. The summed E-state index contributed by atoms with van der Waals surface area (Å²) in [6.07, 6.45) is 3.79. The molecule has 88 valence electrons. The molecular formula is C13H16N4. The van der Waals surface area contributed by atoms with Gasteiger partial charge in [-0.05, 0) is 19.3 Å². The molecule has 17 heavy (non-hydrogen) atoms. The Morgan fingerprint density at radius 3 is 2.41 bits per heavy atom. The summed E-state index contributed by atoms with van der Waals surface area (Å²) in [5.41, 5.74) is 5.86. The first-order valence-corrected chi connectivity index (χ1v) is 6.12. The summed E-state index contributed by atoms with van der Waals surface area (Å²) in [6, 6.07) is 8.09. The third-order valence-corrected chi connectivity index (χ3v) is 3.35. The molecule has 0 atom stereocenters. The maximum absolute atomic E-state index is 5.86. The van der Waals surface area contributed by atoms with Crippen molar-refractivity contribution in [1.29, 1.82) is 0 Å². The van der Waals surface area contributed by atoms with E-state index in [1.165, 1.54) is 19.3 Å². The molecule has 1 fully saturated rings. The van der Waals surface area contributed by atoms with Crippen LogP contribution in [-0.2, 0) is 0 Å². The van der Waals surface area contributed by atoms with E-state index in [0.29, 0.717) is 5.82 Å². The molecule has 4 heteroatoms. The topological polar surface area (TPSA) is 55.0 Å². The Labute approximate surface area is 100 Å². The summed E-state index contributed by atoms with van der Waals surface area (Å²) >= 11 is 0. The number of nitrogen functional groups attached to an aromatic ring is 1. The van der Waals surface area contributed by atoms with Crippen molar-refractivity contribution >= 4 is 22.4 Å². The third kappa shape index (κ3) is 1.79. The van der Waals surface area contributed by atoms with Crippen LogP contribution in [0.5, 0.6) is 0 Å². The van der Waals surface area contributed by atoms with Crippen LogP contribution >= 0.6 is 0 Å². The molecule has 0 radical (unpaired) electrons. The molecule has 1 aromatic carbocycles. The van der Waals surface area contributed by atoms with Crippen molar-refractivity contribution < 1.29 is 0 Å². The van der Waals surface area contributed by atoms with E-state index in [0.717, 1.165) is 29.7 Å². The van der Waals surface area contributed by atoms with E-state index in [2.05, 4.69) is 21.2 Å². The smallest absolute Gasteiger partial charge is 0.159 e. The molecular weight excluding hydrogens is 212 g/mol. The monoisotopic (exact) mass is 228 g/mol. The van der Waals surface area contributed by atoms with Crippen molar-refractivity contribution in [2.75, 3.05) is 23.7 Å². The van der Waals surface area contributed by atoms with Crippen LogP contribution in [0.4, 0.5) is 11.6 Å². The summed E-state index contributed by atoms with van der Waals surface area (Å²) in [7, 11) is 0. The van der Waals surface area contributed by atoms with Gasteiger partial charge in [0.25, 0.3) is 0 Å². The average Bonchev–Trinajstić information content (AvgIpc) is 2.41. The molecule has 0 bridgehead atoms. The second kappa shape index (κ2) is 4.20. The van der Waals surface area contributed by atoms with E-state index in [4.69, 9.17) is 5.73 Å². The van der Waals surface area contributed by atoms with E-state index in [9.17, 15) is 0 Å². The van der Waals surface area contributed by atoms with Gasteiger partial charge in [-0.25, -0.2) is 0 Å². The summed E-state index contributed by atoms with van der Waals surface area (Å²) < 4.78 is 0. The van der Waals surface area contributed by atoms with Gasteiger partial charge in [0.05, 0.1) is 0 Å². The number of nitrogens with two attached hydrogens (primary N) is 1. The molecule has 1 aliphatic rings. The van der Waals surface area contributed by atoms with E-state index >= 15 is 0 Å². The summed E-state index contributed by atoms with van der Waals surface area (Å²) in [4.78, 5) is 2.32. The summed E-state index contributed by atoms with van der Waals surface area (Å²) in [5, 5.41) is 10.5. The SMILES string of the molecule is Nc1nnc(N2CCCCC2)c2ccccc12. The number of fused-ring (bicyclic) bond motifs is 1. The van der Waals surface area contributed by atoms with Gasteiger partial charge >= 0.3 is 0 Å². The summed E-state index contributed by atoms with van der Waals surface area (Å²) in [6.45, 7) is 2.14. The second-order valence-electron chi connectivity index (χ2n) is 4.50. The van der Waals surface area contributed by atoms with Crippen LogP contribution < -0.4 is 10.6 Å². The fraction of sp³-hybridized carbons (Fsp3) is 0.385. The number of aromatic nitrogens is 2. The summed E-state index contributed by atoms with van der Waals surface area (Å²) in [5.74, 6) is 1.50. The van der Waals surface area contributed by atoms with Crippen LogP contribution in [0.25, 0.3) is 10.8 Å². The molecule has 0 aliphatic carbocycles. The van der Waals surface area contributed by atoms with Gasteiger partial charge in [-0.3, -0.25) is 0 Å². The molecule has 1 saturated heterocycles. The standard InChI is InChI=1S/C13H16N4/c14-12-10-6-2-3-7-11(10)13(16-15-12)17-8-4-1-5-9-17/h2-3,6-7H,1,4-5,8-9H2,(H2,14,15). The highest BCUT2D eigenvalue weighted by molar-refractivity contribution is 5.97. The van der Waals surface area contributed by atoms with Crippen molar-refractivity contribution in [3.05, 3.63) is 24.3 Å². The van der Waals surface area contributed by atoms with Gasteiger partial charge in [0.15, 0.2) is 11.6 Å². The van der Waals surface area contributed by atoms with E-state index in [-0.39, 0.29) is 0 Å². The fourth-order valence-electron chi connectivity index (χ4n) is 2.45. The van der Waals surface area contributed by atoms with Crippen LogP contribution in [-0.4, -0.2) is 23.3 Å². The first-order chi connectivity index (χ1) is 8.36. The fourth-order valence-corrected chi connectivity index (χ4v) is 2.45. The third-order valence-electron chi connectivity index (χ3n) is 3.35. The number of piperidine rings is 1. The Hall–Kier alpha value is -1.84. The Morgan fingerprint density at radius 2 is 1.65 bits per heavy atom. The first kappa shape index (κ1) is 10.3. The molecule has 2 heterocycles. The maximum atomic E-state index is 5.86. The van der Waals surface area contributed by atoms with Gasteiger partial charge in [0, 0.05) is 23.9 Å². The van der Waals surface area contributed by atoms with Crippen LogP contribution in [0.1, 0.15) is 19.3 Å². The molecule has 0 amide bonds. The van der Waals surface area contributed by atoms with Crippen molar-refractivity contribution in [3.63, 3.8) is 0 Å². The average molecular weight is 228 g/mol. The normalized spacial score (nSPS) is 16.4. The van der Waals surface area contributed by atoms with Crippen molar-refractivity contribution in [1.82, 2.24) is 10.2 Å². The van der Waals surface area contributed by atoms with Crippen molar-refractivity contribution in [2.24, 2.45) is 0 Å². The zero-order valence-corrected chi connectivity index (χ0v) is 9.76. The van der Waals surface area contributed by atoms with Crippen LogP contribution in [0.15, 0.2) is 24.3 Å². The molecule has 3 rings (SSSR count). The second-order valence-corrected chi connectivity index (χ2v) is 4.50. The zero-order valence-electron chi connectivity index (χ0n) is 9.76. The molecule has 0 saturated carbocycles. The zero-order chi connectivity index (χ0) is 11.7. The molecule has 2 N–H and O–H groups in total. The van der Waals surface area contributed by atoms with Crippen LogP contribution in [0, 0.1) is 0 Å². The number of benzene rings is 1. The number of hydrogen-bond acceptors (Lipinski definition) is 4. The highest BCUT2D eigenvalue weighted by atomic mass is 15.3. The van der Waals surface area contributed by atoms with Gasteiger partial charge in [-0.1, -0.05) is 24.3 Å².